The smallest absolute Gasteiger partial charge is 0.0364 e. The number of nitrogens with one attached hydrogen (secondary N) is 1. The standard InChI is InChI=1S/C18H36N2/c1-5-20(6-2)18(12-7-8-13-18)17(19-4)16-11-9-10-15(3)14-16/h15-17,19H,5-14H2,1-4H3. The van der Waals surface area contributed by atoms with Gasteiger partial charge in [0.1, 0.15) is 0 Å². The predicted octanol–water partition coefficient (Wildman–Crippen LogP) is 4.06. The van der Waals surface area contributed by atoms with E-state index in [2.05, 4.69) is 38.0 Å². The van der Waals surface area contributed by atoms with Crippen LogP contribution in [0.5, 0.6) is 0 Å². The Balaban J connectivity index is 2.20. The molecule has 2 fully saturated rings. The van der Waals surface area contributed by atoms with Gasteiger partial charge in [-0.15, -0.1) is 0 Å². The van der Waals surface area contributed by atoms with Crippen molar-refractivity contribution in [2.45, 2.75) is 83.7 Å². The van der Waals surface area contributed by atoms with E-state index in [1.165, 1.54) is 64.5 Å². The quantitative estimate of drug-likeness (QED) is 0.789. The molecule has 2 saturated carbocycles. The van der Waals surface area contributed by atoms with Crippen LogP contribution < -0.4 is 5.32 Å². The van der Waals surface area contributed by atoms with Crippen LogP contribution in [-0.2, 0) is 0 Å². The van der Waals surface area contributed by atoms with E-state index in [4.69, 9.17) is 0 Å². The second kappa shape index (κ2) is 7.26. The molecule has 2 aliphatic carbocycles. The zero-order valence-electron chi connectivity index (χ0n) is 14.3. The number of rotatable bonds is 6. The molecular formula is C18H36N2. The molecule has 3 unspecified atom stereocenters. The van der Waals surface area contributed by atoms with Gasteiger partial charge in [0.25, 0.3) is 0 Å². The molecule has 2 heteroatoms. The lowest BCUT2D eigenvalue weighted by atomic mass is 9.70. The Labute approximate surface area is 126 Å². The molecule has 0 saturated heterocycles. The number of hydrogen-bond acceptors (Lipinski definition) is 2. The van der Waals surface area contributed by atoms with E-state index in [0.29, 0.717) is 11.6 Å². The van der Waals surface area contributed by atoms with Gasteiger partial charge in [-0.1, -0.05) is 46.5 Å². The van der Waals surface area contributed by atoms with Crippen LogP contribution in [0, 0.1) is 11.8 Å². The minimum Gasteiger partial charge on any atom is -0.315 e. The second-order valence-corrected chi connectivity index (χ2v) is 7.28. The van der Waals surface area contributed by atoms with Crippen LogP contribution in [0.15, 0.2) is 0 Å². The van der Waals surface area contributed by atoms with Crippen molar-refractivity contribution in [1.82, 2.24) is 10.2 Å². The molecule has 0 aliphatic heterocycles. The fraction of sp³-hybridized carbons (Fsp3) is 1.00. The fourth-order valence-corrected chi connectivity index (χ4v) is 5.39. The van der Waals surface area contributed by atoms with Crippen molar-refractivity contribution in [1.29, 1.82) is 0 Å². The first kappa shape index (κ1) is 16.3. The molecule has 2 aliphatic rings. The van der Waals surface area contributed by atoms with Crippen molar-refractivity contribution in [3.8, 4) is 0 Å². The van der Waals surface area contributed by atoms with Crippen LogP contribution in [0.3, 0.4) is 0 Å². The van der Waals surface area contributed by atoms with Gasteiger partial charge in [0, 0.05) is 11.6 Å². The Morgan fingerprint density at radius 1 is 1.10 bits per heavy atom. The lowest BCUT2D eigenvalue weighted by molar-refractivity contribution is 0.0285. The maximum atomic E-state index is 3.78. The molecule has 0 radical (unpaired) electrons. The molecule has 20 heavy (non-hydrogen) atoms. The predicted molar refractivity (Wildman–Crippen MR) is 88.1 cm³/mol. The van der Waals surface area contributed by atoms with Crippen molar-refractivity contribution in [3.05, 3.63) is 0 Å². The Kier molecular flexibility index (Phi) is 5.92. The summed E-state index contributed by atoms with van der Waals surface area (Å²) in [6, 6.07) is 0.702. The van der Waals surface area contributed by atoms with E-state index in [0.717, 1.165) is 11.8 Å². The summed E-state index contributed by atoms with van der Waals surface area (Å²) in [5.74, 6) is 1.82. The molecule has 0 aromatic rings. The molecule has 0 aromatic carbocycles. The molecule has 0 spiro atoms. The minimum atomic E-state index is 0.444. The molecule has 2 rings (SSSR count). The zero-order chi connectivity index (χ0) is 14.6. The van der Waals surface area contributed by atoms with E-state index >= 15 is 0 Å². The summed E-state index contributed by atoms with van der Waals surface area (Å²) >= 11 is 0. The summed E-state index contributed by atoms with van der Waals surface area (Å²) in [5, 5.41) is 3.78. The van der Waals surface area contributed by atoms with E-state index in [1.54, 1.807) is 0 Å². The van der Waals surface area contributed by atoms with Crippen LogP contribution in [0.25, 0.3) is 0 Å². The molecule has 0 aromatic heterocycles. The first-order valence-electron chi connectivity index (χ1n) is 9.10. The SMILES string of the molecule is CCN(CC)C1(C(NC)C2CCCC(C)C2)CCCC1. The van der Waals surface area contributed by atoms with E-state index in [1.807, 2.05) is 0 Å². The molecule has 1 N–H and O–H groups in total. The molecule has 3 atom stereocenters. The van der Waals surface area contributed by atoms with Gasteiger partial charge in [-0.25, -0.2) is 0 Å². The molecule has 0 heterocycles. The van der Waals surface area contributed by atoms with Gasteiger partial charge >= 0.3 is 0 Å². The third-order valence-electron chi connectivity index (χ3n) is 6.20. The van der Waals surface area contributed by atoms with Crippen LogP contribution in [0.4, 0.5) is 0 Å². The summed E-state index contributed by atoms with van der Waals surface area (Å²) in [6.45, 7) is 9.56. The largest absolute Gasteiger partial charge is 0.315 e. The second-order valence-electron chi connectivity index (χ2n) is 7.28. The maximum absolute atomic E-state index is 3.78. The van der Waals surface area contributed by atoms with Crippen molar-refractivity contribution < 1.29 is 0 Å². The van der Waals surface area contributed by atoms with Crippen LogP contribution in [-0.4, -0.2) is 36.6 Å². The van der Waals surface area contributed by atoms with E-state index in [9.17, 15) is 0 Å². The van der Waals surface area contributed by atoms with Crippen molar-refractivity contribution in [2.24, 2.45) is 11.8 Å². The Bertz CT molecular complexity index is 279. The fourth-order valence-electron chi connectivity index (χ4n) is 5.39. The zero-order valence-corrected chi connectivity index (χ0v) is 14.3. The van der Waals surface area contributed by atoms with Gasteiger partial charge in [0.2, 0.25) is 0 Å². The average Bonchev–Trinajstić information content (AvgIpc) is 2.91. The summed E-state index contributed by atoms with van der Waals surface area (Å²) < 4.78 is 0. The molecule has 118 valence electrons. The first-order chi connectivity index (χ1) is 9.67. The van der Waals surface area contributed by atoms with Crippen molar-refractivity contribution in [3.63, 3.8) is 0 Å². The average molecular weight is 280 g/mol. The van der Waals surface area contributed by atoms with E-state index < -0.39 is 0 Å². The highest BCUT2D eigenvalue weighted by molar-refractivity contribution is 5.05. The molecule has 0 bridgehead atoms. The maximum Gasteiger partial charge on any atom is 0.0364 e. The lowest BCUT2D eigenvalue weighted by Crippen LogP contribution is -2.62. The van der Waals surface area contributed by atoms with Gasteiger partial charge in [0.05, 0.1) is 0 Å². The monoisotopic (exact) mass is 280 g/mol. The summed E-state index contributed by atoms with van der Waals surface area (Å²) in [4.78, 5) is 2.78. The molecular weight excluding hydrogens is 244 g/mol. The summed E-state index contributed by atoms with van der Waals surface area (Å²) in [6.07, 6.45) is 11.4. The Morgan fingerprint density at radius 3 is 2.25 bits per heavy atom. The minimum absolute atomic E-state index is 0.444. The van der Waals surface area contributed by atoms with Crippen molar-refractivity contribution in [2.75, 3.05) is 20.1 Å². The van der Waals surface area contributed by atoms with Crippen molar-refractivity contribution >= 4 is 0 Å². The topological polar surface area (TPSA) is 15.3 Å². The number of likely N-dealkylation sites (N-methyl/N-ethyl adjacent to an activating group) is 2. The normalized spacial score (nSPS) is 31.6. The molecule has 2 nitrogen and oxygen atoms in total. The van der Waals surface area contributed by atoms with Gasteiger partial charge < -0.3 is 5.32 Å². The van der Waals surface area contributed by atoms with Gasteiger partial charge in [0.15, 0.2) is 0 Å². The number of nitrogens with zero attached hydrogens (tertiary/aromatic N) is 1. The Morgan fingerprint density at radius 2 is 1.75 bits per heavy atom. The summed E-state index contributed by atoms with van der Waals surface area (Å²) in [5.41, 5.74) is 0.444. The van der Waals surface area contributed by atoms with Gasteiger partial charge in [-0.2, -0.15) is 0 Å². The van der Waals surface area contributed by atoms with Crippen LogP contribution in [0.2, 0.25) is 0 Å². The van der Waals surface area contributed by atoms with Gasteiger partial charge in [-0.05, 0) is 57.7 Å². The lowest BCUT2D eigenvalue weighted by Gasteiger charge is -2.50. The Hall–Kier alpha value is -0.0800. The number of hydrogen-bond donors (Lipinski definition) is 1. The third kappa shape index (κ3) is 3.06. The highest BCUT2D eigenvalue weighted by atomic mass is 15.2. The summed E-state index contributed by atoms with van der Waals surface area (Å²) in [7, 11) is 2.22. The third-order valence-corrected chi connectivity index (χ3v) is 6.20. The van der Waals surface area contributed by atoms with E-state index in [-0.39, 0.29) is 0 Å². The highest BCUT2D eigenvalue weighted by Gasteiger charge is 2.47. The molecule has 0 amide bonds. The van der Waals surface area contributed by atoms with Gasteiger partial charge in [-0.3, -0.25) is 4.90 Å². The van der Waals surface area contributed by atoms with Crippen LogP contribution in [0.1, 0.15) is 72.1 Å². The van der Waals surface area contributed by atoms with Crippen LogP contribution >= 0.6 is 0 Å². The highest BCUT2D eigenvalue weighted by Crippen LogP contribution is 2.44. The first-order valence-corrected chi connectivity index (χ1v) is 9.10.